The molecular weight excluding hydrogens is 314 g/mol. The normalized spacial score (nSPS) is 13.0. The predicted molar refractivity (Wildman–Crippen MR) is 72.0 cm³/mol. The van der Waals surface area contributed by atoms with Crippen molar-refractivity contribution in [2.75, 3.05) is 0 Å². The fourth-order valence-corrected chi connectivity index (χ4v) is 4.05. The Bertz CT molecular complexity index is 452. The van der Waals surface area contributed by atoms with Crippen LogP contribution in [0.25, 0.3) is 0 Å². The van der Waals surface area contributed by atoms with Crippen LogP contribution in [-0.4, -0.2) is 0 Å². The summed E-state index contributed by atoms with van der Waals surface area (Å²) in [6.07, 6.45) is 0.844. The van der Waals surface area contributed by atoms with Gasteiger partial charge in [0.2, 0.25) is 0 Å². The molecule has 2 aromatic heterocycles. The lowest BCUT2D eigenvalue weighted by atomic mass is 10.1. The molecule has 0 radical (unpaired) electrons. The first-order valence-corrected chi connectivity index (χ1v) is 7.31. The summed E-state index contributed by atoms with van der Waals surface area (Å²) in [7, 11) is 0. The molecule has 0 fully saturated rings. The molecule has 2 aromatic rings. The summed E-state index contributed by atoms with van der Waals surface area (Å²) in [5, 5.41) is 4.82. The third kappa shape index (κ3) is 2.82. The van der Waals surface area contributed by atoms with E-state index in [1.807, 2.05) is 11.4 Å². The first kappa shape index (κ1) is 11.6. The summed E-state index contributed by atoms with van der Waals surface area (Å²) in [6.45, 7) is 0. The van der Waals surface area contributed by atoms with Gasteiger partial charge in [-0.25, -0.2) is 0 Å². The highest BCUT2D eigenvalue weighted by Gasteiger charge is 2.13. The molecule has 2 heterocycles. The Balaban J connectivity index is 2.10. The third-order valence-electron chi connectivity index (χ3n) is 2.02. The second-order valence-corrected chi connectivity index (χ2v) is 6.44. The maximum Gasteiger partial charge on any atom is 0.0561 e. The number of rotatable bonds is 3. The van der Waals surface area contributed by atoms with Crippen LogP contribution in [-0.2, 0) is 6.42 Å². The van der Waals surface area contributed by atoms with E-state index >= 15 is 0 Å². The zero-order valence-corrected chi connectivity index (χ0v) is 11.7. The highest BCUT2D eigenvalue weighted by Crippen LogP contribution is 2.31. The topological polar surface area (TPSA) is 26.0 Å². The van der Waals surface area contributed by atoms with Crippen LogP contribution >= 0.6 is 50.2 Å². The molecular formula is C10H9BrClNS2. The summed E-state index contributed by atoms with van der Waals surface area (Å²) < 4.78 is 1.12. The van der Waals surface area contributed by atoms with E-state index in [9.17, 15) is 0 Å². The maximum atomic E-state index is 6.10. The maximum absolute atomic E-state index is 6.10. The molecule has 1 atom stereocenters. The van der Waals surface area contributed by atoms with E-state index in [2.05, 4.69) is 27.4 Å². The van der Waals surface area contributed by atoms with Gasteiger partial charge in [-0.2, -0.15) is 0 Å². The Morgan fingerprint density at radius 1 is 1.47 bits per heavy atom. The summed E-state index contributed by atoms with van der Waals surface area (Å²) in [6, 6.07) is 4.00. The van der Waals surface area contributed by atoms with E-state index < -0.39 is 0 Å². The standard InChI is InChI=1S/C10H9BrClNS2/c11-6-3-7(15-5-6)4-9(13)10-8(12)1-2-14-10/h1-3,5,9H,4,13H2. The van der Waals surface area contributed by atoms with E-state index in [0.717, 1.165) is 20.8 Å². The minimum Gasteiger partial charge on any atom is -0.323 e. The number of thiophene rings is 2. The SMILES string of the molecule is NC(Cc1cc(Br)cs1)c1sccc1Cl. The smallest absolute Gasteiger partial charge is 0.0561 e. The van der Waals surface area contributed by atoms with Gasteiger partial charge in [-0.05, 0) is 33.4 Å². The van der Waals surface area contributed by atoms with Gasteiger partial charge in [-0.15, -0.1) is 22.7 Å². The Morgan fingerprint density at radius 3 is 2.80 bits per heavy atom. The molecule has 1 unspecified atom stereocenters. The lowest BCUT2D eigenvalue weighted by Gasteiger charge is -2.08. The third-order valence-corrected chi connectivity index (χ3v) is 5.23. The van der Waals surface area contributed by atoms with Crippen LogP contribution in [0, 0.1) is 0 Å². The molecule has 0 bridgehead atoms. The van der Waals surface area contributed by atoms with Crippen LogP contribution in [0.15, 0.2) is 27.4 Å². The Labute approximate surface area is 110 Å². The van der Waals surface area contributed by atoms with E-state index in [0.29, 0.717) is 0 Å². The Kier molecular flexibility index (Phi) is 3.85. The van der Waals surface area contributed by atoms with Crippen molar-refractivity contribution in [1.29, 1.82) is 0 Å². The van der Waals surface area contributed by atoms with Crippen molar-refractivity contribution in [3.63, 3.8) is 0 Å². The highest BCUT2D eigenvalue weighted by atomic mass is 79.9. The van der Waals surface area contributed by atoms with Crippen LogP contribution in [0.5, 0.6) is 0 Å². The molecule has 15 heavy (non-hydrogen) atoms. The van der Waals surface area contributed by atoms with Crippen molar-refractivity contribution in [3.05, 3.63) is 42.1 Å². The molecule has 80 valence electrons. The van der Waals surface area contributed by atoms with Crippen LogP contribution < -0.4 is 5.73 Å². The summed E-state index contributed by atoms with van der Waals surface area (Å²) in [5.74, 6) is 0. The fraction of sp³-hybridized carbons (Fsp3) is 0.200. The van der Waals surface area contributed by atoms with Crippen molar-refractivity contribution in [2.45, 2.75) is 12.5 Å². The van der Waals surface area contributed by atoms with Gasteiger partial charge in [0.05, 0.1) is 5.02 Å². The molecule has 0 aliphatic heterocycles. The molecule has 0 aromatic carbocycles. The van der Waals surface area contributed by atoms with Crippen molar-refractivity contribution >= 4 is 50.2 Å². The number of halogens is 2. The van der Waals surface area contributed by atoms with Gasteiger partial charge in [0.15, 0.2) is 0 Å². The number of hydrogen-bond donors (Lipinski definition) is 1. The van der Waals surface area contributed by atoms with E-state index in [1.54, 1.807) is 22.7 Å². The predicted octanol–water partition coefficient (Wildman–Crippen LogP) is 4.47. The highest BCUT2D eigenvalue weighted by molar-refractivity contribution is 9.10. The second-order valence-electron chi connectivity index (χ2n) is 3.17. The summed E-state index contributed by atoms with van der Waals surface area (Å²) in [5.41, 5.74) is 6.10. The monoisotopic (exact) mass is 321 g/mol. The van der Waals surface area contributed by atoms with Crippen molar-refractivity contribution in [1.82, 2.24) is 0 Å². The summed E-state index contributed by atoms with van der Waals surface area (Å²) >= 11 is 12.8. The molecule has 0 saturated heterocycles. The van der Waals surface area contributed by atoms with Crippen molar-refractivity contribution in [2.24, 2.45) is 5.73 Å². The molecule has 0 spiro atoms. The van der Waals surface area contributed by atoms with Gasteiger partial charge < -0.3 is 5.73 Å². The molecule has 0 amide bonds. The number of nitrogens with two attached hydrogens (primary N) is 1. The van der Waals surface area contributed by atoms with Crippen LogP contribution in [0.2, 0.25) is 5.02 Å². The zero-order valence-electron chi connectivity index (χ0n) is 7.74. The van der Waals surface area contributed by atoms with E-state index in [1.165, 1.54) is 4.88 Å². The van der Waals surface area contributed by atoms with Gasteiger partial charge in [-0.1, -0.05) is 11.6 Å². The molecule has 0 aliphatic rings. The van der Waals surface area contributed by atoms with Crippen LogP contribution in [0.4, 0.5) is 0 Å². The zero-order chi connectivity index (χ0) is 10.8. The Morgan fingerprint density at radius 2 is 2.27 bits per heavy atom. The minimum absolute atomic E-state index is 0.00282. The fourth-order valence-electron chi connectivity index (χ4n) is 1.34. The average molecular weight is 323 g/mol. The molecule has 0 aliphatic carbocycles. The second kappa shape index (κ2) is 4.97. The molecule has 5 heteroatoms. The number of hydrogen-bond acceptors (Lipinski definition) is 3. The van der Waals surface area contributed by atoms with Gasteiger partial charge >= 0.3 is 0 Å². The van der Waals surface area contributed by atoms with E-state index in [-0.39, 0.29) is 6.04 Å². The van der Waals surface area contributed by atoms with Gasteiger partial charge in [0, 0.05) is 32.1 Å². The molecule has 2 N–H and O–H groups in total. The molecule has 0 saturated carbocycles. The van der Waals surface area contributed by atoms with Gasteiger partial charge in [0.1, 0.15) is 0 Å². The van der Waals surface area contributed by atoms with Crippen molar-refractivity contribution < 1.29 is 0 Å². The summed E-state index contributed by atoms with van der Waals surface area (Å²) in [4.78, 5) is 2.35. The quantitative estimate of drug-likeness (QED) is 0.886. The lowest BCUT2D eigenvalue weighted by molar-refractivity contribution is 0.745. The minimum atomic E-state index is 0.00282. The van der Waals surface area contributed by atoms with Gasteiger partial charge in [0.25, 0.3) is 0 Å². The largest absolute Gasteiger partial charge is 0.323 e. The van der Waals surface area contributed by atoms with Crippen LogP contribution in [0.1, 0.15) is 15.8 Å². The average Bonchev–Trinajstić information content (AvgIpc) is 2.75. The first-order chi connectivity index (χ1) is 7.16. The van der Waals surface area contributed by atoms with Gasteiger partial charge in [-0.3, -0.25) is 0 Å². The van der Waals surface area contributed by atoms with Crippen LogP contribution in [0.3, 0.4) is 0 Å². The first-order valence-electron chi connectivity index (χ1n) is 4.38. The Hall–Kier alpha value is 0.130. The van der Waals surface area contributed by atoms with Crippen molar-refractivity contribution in [3.8, 4) is 0 Å². The molecule has 2 rings (SSSR count). The molecule has 1 nitrogen and oxygen atoms in total. The van der Waals surface area contributed by atoms with E-state index in [4.69, 9.17) is 17.3 Å². The lowest BCUT2D eigenvalue weighted by Crippen LogP contribution is -2.11.